The summed E-state index contributed by atoms with van der Waals surface area (Å²) in [7, 11) is 0. The molecule has 0 fully saturated rings. The van der Waals surface area contributed by atoms with Gasteiger partial charge in [-0.25, -0.2) is 0 Å². The molecule has 0 bridgehead atoms. The molecule has 8 aromatic carbocycles. The van der Waals surface area contributed by atoms with Gasteiger partial charge < -0.3 is 4.42 Å². The summed E-state index contributed by atoms with van der Waals surface area (Å²) in [4.78, 5) is 0. The van der Waals surface area contributed by atoms with Gasteiger partial charge in [0.05, 0.1) is 0 Å². The maximum Gasteiger partial charge on any atom is 0.136 e. The topological polar surface area (TPSA) is 13.1 Å². The predicted octanol–water partition coefficient (Wildman–Crippen LogP) is 12.0. The minimum Gasteiger partial charge on any atom is -0.456 e. The Morgan fingerprint density at radius 2 is 0.814 bits per heavy atom. The second-order valence-corrected chi connectivity index (χ2v) is 11.2. The quantitative estimate of drug-likeness (QED) is 0.201. The summed E-state index contributed by atoms with van der Waals surface area (Å²) in [5.74, 6) is 0. The van der Waals surface area contributed by atoms with Gasteiger partial charge >= 0.3 is 0 Å². The van der Waals surface area contributed by atoms with Gasteiger partial charge in [-0.05, 0) is 83.9 Å². The van der Waals surface area contributed by atoms with Gasteiger partial charge in [-0.2, -0.15) is 0 Å². The molecule has 0 aliphatic rings. The van der Waals surface area contributed by atoms with Crippen molar-refractivity contribution in [3.05, 3.63) is 158 Å². The largest absolute Gasteiger partial charge is 0.456 e. The van der Waals surface area contributed by atoms with Crippen molar-refractivity contribution in [3.63, 3.8) is 0 Å². The van der Waals surface area contributed by atoms with Crippen LogP contribution in [-0.2, 0) is 0 Å². The van der Waals surface area contributed by atoms with Crippen LogP contribution in [0.25, 0.3) is 87.6 Å². The summed E-state index contributed by atoms with van der Waals surface area (Å²) in [5, 5.41) is 9.77. The number of rotatable bonds is 3. The van der Waals surface area contributed by atoms with Crippen molar-refractivity contribution in [2.75, 3.05) is 0 Å². The first-order chi connectivity index (χ1) is 21.3. The van der Waals surface area contributed by atoms with E-state index in [-0.39, 0.29) is 0 Å². The summed E-state index contributed by atoms with van der Waals surface area (Å²) >= 11 is 0. The molecule has 0 saturated carbocycles. The Morgan fingerprint density at radius 3 is 1.56 bits per heavy atom. The van der Waals surface area contributed by atoms with Crippen LogP contribution >= 0.6 is 0 Å². The fraction of sp³-hybridized carbons (Fsp3) is 0. The summed E-state index contributed by atoms with van der Waals surface area (Å²) in [6, 6.07) is 56.8. The Bertz CT molecular complexity index is 2450. The lowest BCUT2D eigenvalue weighted by atomic mass is 9.83. The molecule has 9 aromatic rings. The van der Waals surface area contributed by atoms with E-state index >= 15 is 0 Å². The summed E-state index contributed by atoms with van der Waals surface area (Å²) in [6.45, 7) is 0. The van der Waals surface area contributed by atoms with Crippen LogP contribution in [0.15, 0.2) is 162 Å². The van der Waals surface area contributed by atoms with Gasteiger partial charge in [-0.15, -0.1) is 0 Å². The van der Waals surface area contributed by atoms with Gasteiger partial charge in [-0.1, -0.05) is 140 Å². The lowest BCUT2D eigenvalue weighted by Gasteiger charge is -2.20. The zero-order valence-electron chi connectivity index (χ0n) is 23.4. The molecular weight excluding hydrogens is 520 g/mol. The van der Waals surface area contributed by atoms with Crippen molar-refractivity contribution in [2.24, 2.45) is 0 Å². The minimum absolute atomic E-state index is 0.914. The van der Waals surface area contributed by atoms with E-state index in [0.29, 0.717) is 0 Å². The van der Waals surface area contributed by atoms with Crippen LogP contribution in [0.1, 0.15) is 0 Å². The smallest absolute Gasteiger partial charge is 0.136 e. The molecule has 0 amide bonds. The third-order valence-electron chi connectivity index (χ3n) is 8.88. The molecule has 0 N–H and O–H groups in total. The van der Waals surface area contributed by atoms with Crippen LogP contribution in [-0.4, -0.2) is 0 Å². The number of furan rings is 1. The number of fused-ring (bicyclic) bond motifs is 6. The first kappa shape index (κ1) is 24.0. The van der Waals surface area contributed by atoms with Crippen LogP contribution < -0.4 is 0 Å². The highest BCUT2D eigenvalue weighted by Gasteiger charge is 2.20. The normalized spacial score (nSPS) is 11.7. The monoisotopic (exact) mass is 546 g/mol. The van der Waals surface area contributed by atoms with Crippen LogP contribution in [0.5, 0.6) is 0 Å². The maximum absolute atomic E-state index is 6.33. The van der Waals surface area contributed by atoms with Crippen molar-refractivity contribution >= 4 is 54.3 Å². The van der Waals surface area contributed by atoms with Gasteiger partial charge in [0.2, 0.25) is 0 Å². The first-order valence-corrected chi connectivity index (χ1v) is 14.8. The van der Waals surface area contributed by atoms with Crippen LogP contribution in [0.4, 0.5) is 0 Å². The Labute approximate surface area is 249 Å². The van der Waals surface area contributed by atoms with Crippen molar-refractivity contribution < 1.29 is 4.42 Å². The number of hydrogen-bond donors (Lipinski definition) is 0. The molecule has 43 heavy (non-hydrogen) atoms. The van der Waals surface area contributed by atoms with Crippen LogP contribution in [0, 0.1) is 0 Å². The SMILES string of the molecule is c1ccc(-c2c3ccccc3c(-c3ccc4c(c3)oc3ccccc34)c3ccccc23)c(-c2cccc3ccccc23)c1. The van der Waals surface area contributed by atoms with Crippen LogP contribution in [0.3, 0.4) is 0 Å². The second kappa shape index (κ2) is 9.44. The molecule has 1 aromatic heterocycles. The zero-order chi connectivity index (χ0) is 28.3. The van der Waals surface area contributed by atoms with Gasteiger partial charge in [0.25, 0.3) is 0 Å². The predicted molar refractivity (Wildman–Crippen MR) is 183 cm³/mol. The molecular formula is C42H26O. The highest BCUT2D eigenvalue weighted by Crippen LogP contribution is 2.47. The van der Waals surface area contributed by atoms with Crippen molar-refractivity contribution in [3.8, 4) is 33.4 Å². The first-order valence-electron chi connectivity index (χ1n) is 14.8. The lowest BCUT2D eigenvalue weighted by molar-refractivity contribution is 0.669. The third-order valence-corrected chi connectivity index (χ3v) is 8.88. The van der Waals surface area contributed by atoms with Crippen molar-refractivity contribution in [1.82, 2.24) is 0 Å². The van der Waals surface area contributed by atoms with Gasteiger partial charge in [0.1, 0.15) is 11.2 Å². The van der Waals surface area contributed by atoms with E-state index in [0.717, 1.165) is 27.5 Å². The number of para-hydroxylation sites is 1. The maximum atomic E-state index is 6.33. The molecule has 1 heteroatoms. The summed E-state index contributed by atoms with van der Waals surface area (Å²) in [5.41, 5.74) is 9.23. The van der Waals surface area contributed by atoms with Gasteiger partial charge in [-0.3, -0.25) is 0 Å². The average Bonchev–Trinajstić information content (AvgIpc) is 3.45. The molecule has 0 unspecified atom stereocenters. The standard InChI is InChI=1S/C42H26O/c1-2-14-29-27(12-1)13-11-22-30(29)31-15-3-4-17-34(31)42-37-20-7-5-18-35(37)41(36-19-6-8-21-38(36)42)28-24-25-33-32-16-9-10-23-39(32)43-40(33)26-28/h1-26H. The van der Waals surface area contributed by atoms with Crippen LogP contribution in [0.2, 0.25) is 0 Å². The molecule has 0 radical (unpaired) electrons. The second-order valence-electron chi connectivity index (χ2n) is 11.2. The average molecular weight is 547 g/mol. The Kier molecular flexibility index (Phi) is 5.27. The molecule has 0 aliphatic carbocycles. The molecule has 200 valence electrons. The Hall–Kier alpha value is -5.66. The molecule has 1 heterocycles. The van der Waals surface area contributed by atoms with E-state index in [4.69, 9.17) is 4.42 Å². The minimum atomic E-state index is 0.914. The number of benzene rings is 8. The molecule has 0 atom stereocenters. The highest BCUT2D eigenvalue weighted by atomic mass is 16.3. The summed E-state index contributed by atoms with van der Waals surface area (Å²) < 4.78 is 6.33. The molecule has 9 rings (SSSR count). The fourth-order valence-corrected chi connectivity index (χ4v) is 7.01. The highest BCUT2D eigenvalue weighted by molar-refractivity contribution is 6.23. The third kappa shape index (κ3) is 3.65. The molecule has 1 nitrogen and oxygen atoms in total. The van der Waals surface area contributed by atoms with E-state index in [1.54, 1.807) is 0 Å². The van der Waals surface area contributed by atoms with Crippen molar-refractivity contribution in [2.45, 2.75) is 0 Å². The van der Waals surface area contributed by atoms with Crippen molar-refractivity contribution in [1.29, 1.82) is 0 Å². The van der Waals surface area contributed by atoms with E-state index < -0.39 is 0 Å². The zero-order valence-corrected chi connectivity index (χ0v) is 23.4. The molecule has 0 saturated heterocycles. The van der Waals surface area contributed by atoms with E-state index in [9.17, 15) is 0 Å². The number of hydrogen-bond acceptors (Lipinski definition) is 1. The van der Waals surface area contributed by atoms with Gasteiger partial charge in [0, 0.05) is 10.8 Å². The Balaban J connectivity index is 1.37. The lowest BCUT2D eigenvalue weighted by Crippen LogP contribution is -1.93. The summed E-state index contributed by atoms with van der Waals surface area (Å²) in [6.07, 6.45) is 0. The van der Waals surface area contributed by atoms with E-state index in [1.165, 1.54) is 60.1 Å². The fourth-order valence-electron chi connectivity index (χ4n) is 7.01. The Morgan fingerprint density at radius 1 is 0.302 bits per heavy atom. The van der Waals surface area contributed by atoms with E-state index in [1.807, 2.05) is 12.1 Å². The molecule has 0 aliphatic heterocycles. The van der Waals surface area contributed by atoms with Gasteiger partial charge in [0.15, 0.2) is 0 Å². The molecule has 0 spiro atoms. The van der Waals surface area contributed by atoms with E-state index in [2.05, 4.69) is 146 Å².